The Bertz CT molecular complexity index is 951. The molecule has 1 heterocycles. The van der Waals surface area contributed by atoms with Crippen molar-refractivity contribution in [1.82, 2.24) is 15.5 Å². The van der Waals surface area contributed by atoms with E-state index in [2.05, 4.69) is 22.5 Å². The second kappa shape index (κ2) is 13.0. The first-order chi connectivity index (χ1) is 16.5. The molecule has 0 bridgehead atoms. The van der Waals surface area contributed by atoms with Gasteiger partial charge in [0.1, 0.15) is 11.8 Å². The Morgan fingerprint density at radius 2 is 2.00 bits per heavy atom. The van der Waals surface area contributed by atoms with E-state index in [4.69, 9.17) is 4.74 Å². The molecule has 1 aliphatic rings. The molecule has 0 saturated carbocycles. The summed E-state index contributed by atoms with van der Waals surface area (Å²) >= 11 is 0. The SMILES string of the molecule is CCCCC1(CC)CS(=O)(=O)c2cc(CN[C@@H](CCCCN(C)C)C(=O)O)c(OC)cc2[C@@H](C)N1. The van der Waals surface area contributed by atoms with E-state index in [1.165, 1.54) is 0 Å². The largest absolute Gasteiger partial charge is 0.496 e. The van der Waals surface area contributed by atoms with Gasteiger partial charge < -0.3 is 25.4 Å². The monoisotopic (exact) mass is 511 g/mol. The van der Waals surface area contributed by atoms with E-state index in [-0.39, 0.29) is 18.3 Å². The van der Waals surface area contributed by atoms with Crippen LogP contribution in [0.5, 0.6) is 5.75 Å². The average Bonchev–Trinajstić information content (AvgIpc) is 2.88. The minimum atomic E-state index is -3.56. The van der Waals surface area contributed by atoms with Crippen LogP contribution in [0, 0.1) is 0 Å². The van der Waals surface area contributed by atoms with Crippen molar-refractivity contribution in [3.63, 3.8) is 0 Å². The molecular weight excluding hydrogens is 466 g/mol. The van der Waals surface area contributed by atoms with Crippen LogP contribution in [0.2, 0.25) is 0 Å². The zero-order chi connectivity index (χ0) is 26.2. The number of benzene rings is 1. The number of carboxylic acids is 1. The average molecular weight is 512 g/mol. The van der Waals surface area contributed by atoms with Gasteiger partial charge in [0.15, 0.2) is 9.84 Å². The van der Waals surface area contributed by atoms with E-state index in [1.54, 1.807) is 19.2 Å². The van der Waals surface area contributed by atoms with E-state index in [1.807, 2.05) is 27.9 Å². The van der Waals surface area contributed by atoms with Crippen LogP contribution in [0.15, 0.2) is 17.0 Å². The Hall–Kier alpha value is -1.68. The Balaban J connectivity index is 2.31. The standard InChI is InChI=1S/C26H45N3O5S/c1-7-9-13-26(8-2)18-35(32,33)24-15-20(23(34-6)16-21(24)19(3)28-26)17-27-22(25(30)31)12-10-11-14-29(4)5/h15-16,19,22,27-28H,7-14,17-18H2,1-6H3,(H,30,31)/t19-,22+,26?/m1/s1. The summed E-state index contributed by atoms with van der Waals surface area (Å²) in [7, 11) is 1.99. The zero-order valence-electron chi connectivity index (χ0n) is 22.3. The summed E-state index contributed by atoms with van der Waals surface area (Å²) in [5, 5.41) is 16.4. The van der Waals surface area contributed by atoms with Crippen molar-refractivity contribution in [2.45, 2.75) is 94.8 Å². The molecule has 2 rings (SSSR count). The number of hydrogen-bond donors (Lipinski definition) is 3. The highest BCUT2D eigenvalue weighted by molar-refractivity contribution is 7.91. The number of ether oxygens (including phenoxy) is 1. The summed E-state index contributed by atoms with van der Waals surface area (Å²) in [5.41, 5.74) is 0.884. The minimum absolute atomic E-state index is 0.0522. The third-order valence-electron chi connectivity index (χ3n) is 7.07. The lowest BCUT2D eigenvalue weighted by Gasteiger charge is -2.34. The lowest BCUT2D eigenvalue weighted by atomic mass is 9.90. The predicted molar refractivity (Wildman–Crippen MR) is 140 cm³/mol. The van der Waals surface area contributed by atoms with Gasteiger partial charge in [-0.15, -0.1) is 0 Å². The fourth-order valence-corrected chi connectivity index (χ4v) is 7.17. The Morgan fingerprint density at radius 1 is 1.29 bits per heavy atom. The van der Waals surface area contributed by atoms with E-state index < -0.39 is 27.4 Å². The second-order valence-corrected chi connectivity index (χ2v) is 12.1. The fourth-order valence-electron chi connectivity index (χ4n) is 4.94. The molecule has 1 unspecified atom stereocenters. The number of carboxylic acid groups (broad SMARTS) is 1. The molecule has 1 aromatic carbocycles. The van der Waals surface area contributed by atoms with Crippen molar-refractivity contribution in [3.8, 4) is 5.75 Å². The Morgan fingerprint density at radius 3 is 2.57 bits per heavy atom. The number of fused-ring (bicyclic) bond motifs is 1. The highest BCUT2D eigenvalue weighted by Crippen LogP contribution is 2.38. The molecule has 3 N–H and O–H groups in total. The van der Waals surface area contributed by atoms with E-state index in [0.717, 1.165) is 45.1 Å². The van der Waals surface area contributed by atoms with E-state index in [0.29, 0.717) is 28.2 Å². The van der Waals surface area contributed by atoms with Gasteiger partial charge in [0.25, 0.3) is 0 Å². The van der Waals surface area contributed by atoms with Crippen LogP contribution in [0.1, 0.15) is 82.9 Å². The maximum absolute atomic E-state index is 13.6. The van der Waals surface area contributed by atoms with Crippen LogP contribution in [0.25, 0.3) is 0 Å². The summed E-state index contributed by atoms with van der Waals surface area (Å²) in [6.45, 7) is 7.28. The Kier molecular flexibility index (Phi) is 11.0. The van der Waals surface area contributed by atoms with Crippen molar-refractivity contribution in [3.05, 3.63) is 23.3 Å². The van der Waals surface area contributed by atoms with Crippen LogP contribution >= 0.6 is 0 Å². The number of nitrogens with zero attached hydrogens (tertiary/aromatic N) is 1. The summed E-state index contributed by atoms with van der Waals surface area (Å²) in [5.74, 6) is -0.288. The molecule has 1 aliphatic heterocycles. The number of rotatable bonds is 14. The van der Waals surface area contributed by atoms with Crippen LogP contribution < -0.4 is 15.4 Å². The molecule has 0 aliphatic carbocycles. The zero-order valence-corrected chi connectivity index (χ0v) is 23.1. The van der Waals surface area contributed by atoms with Crippen molar-refractivity contribution in [1.29, 1.82) is 0 Å². The molecule has 3 atom stereocenters. The van der Waals surface area contributed by atoms with Crippen molar-refractivity contribution < 1.29 is 23.1 Å². The predicted octanol–water partition coefficient (Wildman–Crippen LogP) is 3.75. The quantitative estimate of drug-likeness (QED) is 0.324. The molecule has 0 saturated heterocycles. The first kappa shape index (κ1) is 29.5. The van der Waals surface area contributed by atoms with Gasteiger partial charge in [-0.2, -0.15) is 0 Å². The van der Waals surface area contributed by atoms with Gasteiger partial charge >= 0.3 is 5.97 Å². The summed E-state index contributed by atoms with van der Waals surface area (Å²) in [6.07, 6.45) is 5.71. The molecule has 8 nitrogen and oxygen atoms in total. The number of unbranched alkanes of at least 4 members (excludes halogenated alkanes) is 2. The number of methoxy groups -OCH3 is 1. The molecule has 9 heteroatoms. The minimum Gasteiger partial charge on any atom is -0.496 e. The van der Waals surface area contributed by atoms with Crippen molar-refractivity contribution in [2.24, 2.45) is 0 Å². The van der Waals surface area contributed by atoms with Gasteiger partial charge in [-0.05, 0) is 70.9 Å². The van der Waals surface area contributed by atoms with Crippen LogP contribution in [-0.2, 0) is 21.2 Å². The number of nitrogens with one attached hydrogen (secondary N) is 2. The normalized spacial score (nSPS) is 22.4. The number of sulfone groups is 1. The van der Waals surface area contributed by atoms with Gasteiger partial charge in [0.05, 0.1) is 17.8 Å². The van der Waals surface area contributed by atoms with E-state index >= 15 is 0 Å². The topological polar surface area (TPSA) is 108 Å². The number of carbonyl (C=O) groups is 1. The van der Waals surface area contributed by atoms with Crippen LogP contribution in [0.4, 0.5) is 0 Å². The second-order valence-electron chi connectivity index (χ2n) is 10.1. The fraction of sp³-hybridized carbons (Fsp3) is 0.731. The van der Waals surface area contributed by atoms with Gasteiger partial charge in [-0.1, -0.05) is 33.1 Å². The van der Waals surface area contributed by atoms with Gasteiger partial charge in [-0.3, -0.25) is 4.79 Å². The molecular formula is C26H45N3O5S. The summed E-state index contributed by atoms with van der Waals surface area (Å²) < 4.78 is 32.8. The summed E-state index contributed by atoms with van der Waals surface area (Å²) in [6, 6.07) is 2.63. The lowest BCUT2D eigenvalue weighted by molar-refractivity contribution is -0.139. The van der Waals surface area contributed by atoms with Crippen molar-refractivity contribution in [2.75, 3.05) is 33.5 Å². The molecule has 1 aromatic rings. The highest BCUT2D eigenvalue weighted by Gasteiger charge is 2.40. The van der Waals surface area contributed by atoms with Crippen molar-refractivity contribution >= 4 is 15.8 Å². The molecule has 0 amide bonds. The molecule has 200 valence electrons. The molecule has 0 radical (unpaired) electrons. The molecule has 0 fully saturated rings. The number of hydrogen-bond acceptors (Lipinski definition) is 7. The maximum atomic E-state index is 13.6. The summed E-state index contributed by atoms with van der Waals surface area (Å²) in [4.78, 5) is 14.2. The van der Waals surface area contributed by atoms with Gasteiger partial charge in [0, 0.05) is 23.7 Å². The van der Waals surface area contributed by atoms with Crippen LogP contribution in [-0.4, -0.2) is 69.5 Å². The van der Waals surface area contributed by atoms with Gasteiger partial charge in [-0.25, -0.2) is 8.42 Å². The number of aliphatic carboxylic acids is 1. The molecule has 35 heavy (non-hydrogen) atoms. The highest BCUT2D eigenvalue weighted by atomic mass is 32.2. The third kappa shape index (κ3) is 7.90. The molecule has 0 spiro atoms. The van der Waals surface area contributed by atoms with Gasteiger partial charge in [0.2, 0.25) is 0 Å². The Labute approximate surface area is 211 Å². The maximum Gasteiger partial charge on any atom is 0.320 e. The first-order valence-corrected chi connectivity index (χ1v) is 14.5. The van der Waals surface area contributed by atoms with Crippen LogP contribution in [0.3, 0.4) is 0 Å². The smallest absolute Gasteiger partial charge is 0.320 e. The third-order valence-corrected chi connectivity index (χ3v) is 9.03. The lowest BCUT2D eigenvalue weighted by Crippen LogP contribution is -2.49. The molecule has 0 aromatic heterocycles. The van der Waals surface area contributed by atoms with E-state index in [9.17, 15) is 18.3 Å². The first-order valence-electron chi connectivity index (χ1n) is 12.8.